The van der Waals surface area contributed by atoms with Crippen LogP contribution in [0.5, 0.6) is 0 Å². The lowest BCUT2D eigenvalue weighted by atomic mass is 10.1. The van der Waals surface area contributed by atoms with Crippen LogP contribution in [0, 0.1) is 0 Å². The normalized spacial score (nSPS) is 17.0. The molecule has 0 amide bonds. The van der Waals surface area contributed by atoms with Crippen LogP contribution < -0.4 is 5.32 Å². The first kappa shape index (κ1) is 22.8. The molecule has 0 saturated carbocycles. The van der Waals surface area contributed by atoms with E-state index in [9.17, 15) is 0 Å². The fraction of sp³-hybridized carbons (Fsp3) is 0.407. The fourth-order valence-electron chi connectivity index (χ4n) is 4.00. The van der Waals surface area contributed by atoms with Crippen LogP contribution in [0.25, 0.3) is 11.4 Å². The first-order valence-corrected chi connectivity index (χ1v) is 11.8. The van der Waals surface area contributed by atoms with Crippen molar-refractivity contribution in [2.75, 3.05) is 0 Å². The van der Waals surface area contributed by atoms with Crippen LogP contribution in [-0.2, 0) is 12.8 Å². The maximum absolute atomic E-state index is 4.90. The maximum Gasteiger partial charge on any atom is 0.129 e. The van der Waals surface area contributed by atoms with E-state index in [0.29, 0.717) is 0 Å². The van der Waals surface area contributed by atoms with Crippen LogP contribution in [0.3, 0.4) is 0 Å². The standard InChI is InChI=1S/C25H30N4.C2H6/c1-4-7-19-14-16-29-23(17-19)28-24(20-11-9-18(6-3)10-12-20)25(29)21-13-15-26-22(27-21)8-5-2;1-2/h9-17,23,28H,4-8H2,1-3H3;1-2H3. The smallest absolute Gasteiger partial charge is 0.129 e. The van der Waals surface area contributed by atoms with Crippen LogP contribution in [0.4, 0.5) is 0 Å². The van der Waals surface area contributed by atoms with Crippen LogP contribution in [0.1, 0.15) is 76.5 Å². The lowest BCUT2D eigenvalue weighted by Crippen LogP contribution is -2.33. The summed E-state index contributed by atoms with van der Waals surface area (Å²) in [5, 5.41) is 3.75. The minimum absolute atomic E-state index is 0.127. The number of rotatable bonds is 7. The molecule has 2 aromatic rings. The molecule has 2 aliphatic heterocycles. The van der Waals surface area contributed by atoms with E-state index < -0.39 is 0 Å². The first-order valence-electron chi connectivity index (χ1n) is 11.8. The lowest BCUT2D eigenvalue weighted by molar-refractivity contribution is 0.437. The maximum atomic E-state index is 4.90. The second-order valence-electron chi connectivity index (χ2n) is 7.69. The highest BCUT2D eigenvalue weighted by molar-refractivity contribution is 5.91. The molecule has 4 nitrogen and oxygen atoms in total. The Morgan fingerprint density at radius 1 is 0.968 bits per heavy atom. The van der Waals surface area contributed by atoms with Crippen molar-refractivity contribution in [3.05, 3.63) is 83.1 Å². The van der Waals surface area contributed by atoms with Gasteiger partial charge >= 0.3 is 0 Å². The number of fused-ring (bicyclic) bond motifs is 1. The molecule has 2 aliphatic rings. The minimum Gasteiger partial charge on any atom is -0.359 e. The van der Waals surface area contributed by atoms with Crippen molar-refractivity contribution in [1.29, 1.82) is 0 Å². The Morgan fingerprint density at radius 3 is 2.39 bits per heavy atom. The number of nitrogens with zero attached hydrogens (tertiary/aromatic N) is 3. The Balaban J connectivity index is 0.00000132. The van der Waals surface area contributed by atoms with Crippen LogP contribution >= 0.6 is 0 Å². The molecule has 0 spiro atoms. The van der Waals surface area contributed by atoms with Crippen LogP contribution in [0.2, 0.25) is 0 Å². The number of hydrogen-bond acceptors (Lipinski definition) is 4. The van der Waals surface area contributed by atoms with Gasteiger partial charge in [-0.15, -0.1) is 0 Å². The fourth-order valence-corrected chi connectivity index (χ4v) is 4.00. The van der Waals surface area contributed by atoms with Gasteiger partial charge in [0.2, 0.25) is 0 Å². The number of nitrogens with one attached hydrogen (secondary N) is 1. The molecule has 1 atom stereocenters. The van der Waals surface area contributed by atoms with Gasteiger partial charge in [-0.3, -0.25) is 0 Å². The Bertz CT molecular complexity index is 953. The van der Waals surface area contributed by atoms with Crippen molar-refractivity contribution in [2.24, 2.45) is 0 Å². The summed E-state index contributed by atoms with van der Waals surface area (Å²) >= 11 is 0. The average Bonchev–Trinajstić information content (AvgIpc) is 3.20. The van der Waals surface area contributed by atoms with Gasteiger partial charge in [0.05, 0.1) is 17.1 Å². The highest BCUT2D eigenvalue weighted by atomic mass is 15.3. The quantitative estimate of drug-likeness (QED) is 0.573. The highest BCUT2D eigenvalue weighted by Gasteiger charge is 2.32. The molecule has 3 heterocycles. The van der Waals surface area contributed by atoms with Crippen molar-refractivity contribution < 1.29 is 0 Å². The molecule has 0 saturated heterocycles. The molecule has 1 aromatic carbocycles. The van der Waals surface area contributed by atoms with Gasteiger partial charge in [-0.05, 0) is 54.2 Å². The zero-order valence-corrected chi connectivity index (χ0v) is 19.7. The Kier molecular flexibility index (Phi) is 8.05. The summed E-state index contributed by atoms with van der Waals surface area (Å²) in [4.78, 5) is 11.7. The van der Waals surface area contributed by atoms with E-state index in [1.54, 1.807) is 0 Å². The van der Waals surface area contributed by atoms with E-state index >= 15 is 0 Å². The predicted molar refractivity (Wildman–Crippen MR) is 131 cm³/mol. The molecule has 1 unspecified atom stereocenters. The minimum atomic E-state index is 0.127. The van der Waals surface area contributed by atoms with Gasteiger partial charge in [-0.1, -0.05) is 65.3 Å². The van der Waals surface area contributed by atoms with Gasteiger partial charge in [0.15, 0.2) is 0 Å². The van der Waals surface area contributed by atoms with E-state index in [4.69, 9.17) is 4.98 Å². The van der Waals surface area contributed by atoms with Crippen molar-refractivity contribution in [2.45, 2.75) is 72.9 Å². The van der Waals surface area contributed by atoms with E-state index in [0.717, 1.165) is 55.0 Å². The number of hydrogen-bond donors (Lipinski definition) is 1. The zero-order valence-electron chi connectivity index (χ0n) is 19.7. The highest BCUT2D eigenvalue weighted by Crippen LogP contribution is 2.37. The molecule has 4 rings (SSSR count). The van der Waals surface area contributed by atoms with Crippen molar-refractivity contribution >= 4 is 11.4 Å². The second-order valence-corrected chi connectivity index (χ2v) is 7.69. The van der Waals surface area contributed by atoms with Crippen molar-refractivity contribution in [3.63, 3.8) is 0 Å². The number of aromatic nitrogens is 2. The third-order valence-electron chi connectivity index (χ3n) is 5.52. The van der Waals surface area contributed by atoms with E-state index in [-0.39, 0.29) is 6.17 Å². The van der Waals surface area contributed by atoms with Crippen molar-refractivity contribution in [1.82, 2.24) is 20.2 Å². The predicted octanol–water partition coefficient (Wildman–Crippen LogP) is 6.33. The van der Waals surface area contributed by atoms with Crippen LogP contribution in [0.15, 0.2) is 60.5 Å². The Morgan fingerprint density at radius 2 is 1.71 bits per heavy atom. The summed E-state index contributed by atoms with van der Waals surface area (Å²) in [5.41, 5.74) is 7.17. The molecule has 0 bridgehead atoms. The second kappa shape index (κ2) is 10.9. The summed E-state index contributed by atoms with van der Waals surface area (Å²) in [6.45, 7) is 10.6. The molecule has 0 radical (unpaired) electrons. The number of benzene rings is 1. The third kappa shape index (κ3) is 5.07. The lowest BCUT2D eigenvalue weighted by Gasteiger charge is -2.27. The summed E-state index contributed by atoms with van der Waals surface area (Å²) < 4.78 is 0. The van der Waals surface area contributed by atoms with Gasteiger partial charge in [0.1, 0.15) is 12.0 Å². The third-order valence-corrected chi connectivity index (χ3v) is 5.52. The van der Waals surface area contributed by atoms with Crippen LogP contribution in [-0.4, -0.2) is 21.0 Å². The van der Waals surface area contributed by atoms with E-state index in [1.807, 2.05) is 26.1 Å². The zero-order chi connectivity index (χ0) is 22.2. The monoisotopic (exact) mass is 416 g/mol. The Labute approximate surface area is 187 Å². The largest absolute Gasteiger partial charge is 0.359 e. The van der Waals surface area contributed by atoms with E-state index in [2.05, 4.69) is 78.6 Å². The van der Waals surface area contributed by atoms with Gasteiger partial charge in [0.25, 0.3) is 0 Å². The molecular formula is C27H36N4. The molecular weight excluding hydrogens is 380 g/mol. The van der Waals surface area contributed by atoms with Gasteiger partial charge in [-0.2, -0.15) is 0 Å². The first-order chi connectivity index (χ1) is 15.2. The van der Waals surface area contributed by atoms with Gasteiger partial charge in [0, 0.05) is 18.8 Å². The summed E-state index contributed by atoms with van der Waals surface area (Å²) in [7, 11) is 0. The topological polar surface area (TPSA) is 41.1 Å². The van der Waals surface area contributed by atoms with E-state index in [1.165, 1.54) is 16.7 Å². The summed E-state index contributed by atoms with van der Waals surface area (Å²) in [5.74, 6) is 0.907. The molecule has 0 fully saturated rings. The SMILES string of the molecule is CC.CCCC1=CC2NC(c3ccc(CC)cc3)=C(c3ccnc(CCC)n3)N2C=C1. The average molecular weight is 417 g/mol. The number of aryl methyl sites for hydroxylation is 2. The summed E-state index contributed by atoms with van der Waals surface area (Å²) in [6.07, 6.45) is 14.0. The molecule has 0 aliphatic carbocycles. The molecule has 1 N–H and O–H groups in total. The van der Waals surface area contributed by atoms with Crippen molar-refractivity contribution in [3.8, 4) is 0 Å². The summed E-state index contributed by atoms with van der Waals surface area (Å²) in [6, 6.07) is 10.9. The molecule has 31 heavy (non-hydrogen) atoms. The molecule has 164 valence electrons. The number of allylic oxidation sites excluding steroid dienone is 2. The molecule has 1 aromatic heterocycles. The van der Waals surface area contributed by atoms with Gasteiger partial charge < -0.3 is 10.2 Å². The molecule has 4 heteroatoms. The Hall–Kier alpha value is -2.88. The van der Waals surface area contributed by atoms with Gasteiger partial charge in [-0.25, -0.2) is 9.97 Å².